The Labute approximate surface area is 124 Å². The van der Waals surface area contributed by atoms with Gasteiger partial charge in [-0.15, -0.1) is 11.3 Å². The molecule has 0 aliphatic heterocycles. The van der Waals surface area contributed by atoms with Gasteiger partial charge in [0, 0.05) is 25.1 Å². The predicted molar refractivity (Wildman–Crippen MR) is 85.7 cm³/mol. The van der Waals surface area contributed by atoms with E-state index in [1.54, 1.807) is 24.8 Å². The number of aryl methyl sites for hydroxylation is 2. The molecule has 0 radical (unpaired) electrons. The zero-order valence-electron chi connectivity index (χ0n) is 12.9. The Bertz CT molecular complexity index is 592. The highest BCUT2D eigenvalue weighted by atomic mass is 32.1. The summed E-state index contributed by atoms with van der Waals surface area (Å²) in [6, 6.07) is 0. The Morgan fingerprint density at radius 2 is 2.05 bits per heavy atom. The number of hydrogen-bond acceptors (Lipinski definition) is 5. The molecule has 2 rings (SSSR count). The minimum absolute atomic E-state index is 0.173. The highest BCUT2D eigenvalue weighted by Gasteiger charge is 2.19. The van der Waals surface area contributed by atoms with Gasteiger partial charge in [0.1, 0.15) is 17.0 Å². The highest BCUT2D eigenvalue weighted by molar-refractivity contribution is 7.18. The van der Waals surface area contributed by atoms with Crippen LogP contribution in [0.25, 0.3) is 10.2 Å². The third-order valence-electron chi connectivity index (χ3n) is 3.68. The Morgan fingerprint density at radius 1 is 1.30 bits per heavy atom. The first-order valence-electron chi connectivity index (χ1n) is 6.88. The van der Waals surface area contributed by atoms with Gasteiger partial charge in [-0.05, 0) is 31.2 Å². The Hall–Kier alpha value is -1.20. The number of anilines is 1. The van der Waals surface area contributed by atoms with Crippen molar-refractivity contribution >= 4 is 27.4 Å². The van der Waals surface area contributed by atoms with Gasteiger partial charge in [-0.3, -0.25) is 0 Å². The fourth-order valence-electron chi connectivity index (χ4n) is 2.11. The molecule has 4 nitrogen and oxygen atoms in total. The first kappa shape index (κ1) is 15.2. The molecule has 2 aromatic heterocycles. The van der Waals surface area contributed by atoms with E-state index in [2.05, 4.69) is 43.0 Å². The van der Waals surface area contributed by atoms with Gasteiger partial charge >= 0.3 is 0 Å². The molecule has 1 N–H and O–H groups in total. The summed E-state index contributed by atoms with van der Waals surface area (Å²) in [5.74, 6) is 0.947. The second-order valence-corrected chi connectivity index (χ2v) is 7.15. The van der Waals surface area contributed by atoms with Crippen molar-refractivity contribution in [3.05, 3.63) is 16.8 Å². The average molecular weight is 293 g/mol. The molecule has 110 valence electrons. The lowest BCUT2D eigenvalue weighted by Crippen LogP contribution is -2.25. The van der Waals surface area contributed by atoms with E-state index in [4.69, 9.17) is 4.74 Å². The first-order valence-corrected chi connectivity index (χ1v) is 7.70. The summed E-state index contributed by atoms with van der Waals surface area (Å²) in [5.41, 5.74) is 1.45. The second kappa shape index (κ2) is 6.06. The van der Waals surface area contributed by atoms with Crippen LogP contribution in [0, 0.1) is 19.3 Å². The summed E-state index contributed by atoms with van der Waals surface area (Å²) in [5, 5.41) is 4.66. The molecular formula is C15H23N3OS. The Balaban J connectivity index is 2.18. The number of nitrogens with zero attached hydrogens (tertiary/aromatic N) is 2. The molecule has 0 bridgehead atoms. The number of methoxy groups -OCH3 is 1. The van der Waals surface area contributed by atoms with Crippen molar-refractivity contribution in [2.45, 2.75) is 34.1 Å². The zero-order valence-corrected chi connectivity index (χ0v) is 13.7. The summed E-state index contributed by atoms with van der Waals surface area (Å²) in [6.45, 7) is 10.4. The van der Waals surface area contributed by atoms with Crippen LogP contribution in [0.1, 0.15) is 30.7 Å². The van der Waals surface area contributed by atoms with E-state index in [0.29, 0.717) is 0 Å². The first-order chi connectivity index (χ1) is 9.44. The van der Waals surface area contributed by atoms with Crippen molar-refractivity contribution in [3.63, 3.8) is 0 Å². The highest BCUT2D eigenvalue weighted by Crippen LogP contribution is 2.33. The average Bonchev–Trinajstić information content (AvgIpc) is 2.70. The number of thiophene rings is 1. The molecule has 0 saturated heterocycles. The number of nitrogens with one attached hydrogen (secondary N) is 1. The van der Waals surface area contributed by atoms with E-state index < -0.39 is 0 Å². The maximum Gasteiger partial charge on any atom is 0.138 e. The van der Waals surface area contributed by atoms with Gasteiger partial charge in [0.15, 0.2) is 0 Å². The van der Waals surface area contributed by atoms with Crippen LogP contribution in [0.2, 0.25) is 0 Å². The maximum atomic E-state index is 5.17. The second-order valence-electron chi connectivity index (χ2n) is 5.95. The molecule has 0 spiro atoms. The van der Waals surface area contributed by atoms with Crippen molar-refractivity contribution in [1.82, 2.24) is 9.97 Å². The molecule has 0 aromatic carbocycles. The number of hydrogen-bond donors (Lipinski definition) is 1. The van der Waals surface area contributed by atoms with Gasteiger partial charge in [0.25, 0.3) is 0 Å². The van der Waals surface area contributed by atoms with Crippen molar-refractivity contribution in [3.8, 4) is 0 Å². The largest absolute Gasteiger partial charge is 0.385 e. The van der Waals surface area contributed by atoms with Crippen LogP contribution in [0.3, 0.4) is 0 Å². The normalized spacial score (nSPS) is 12.1. The number of rotatable bonds is 6. The monoisotopic (exact) mass is 293 g/mol. The predicted octanol–water partition coefficient (Wildman–Crippen LogP) is 3.78. The topological polar surface area (TPSA) is 47.0 Å². The third kappa shape index (κ3) is 3.27. The smallest absolute Gasteiger partial charge is 0.138 e. The minimum Gasteiger partial charge on any atom is -0.385 e. The molecular weight excluding hydrogens is 270 g/mol. The Morgan fingerprint density at radius 3 is 2.75 bits per heavy atom. The van der Waals surface area contributed by atoms with Gasteiger partial charge in [0.2, 0.25) is 0 Å². The number of fused-ring (bicyclic) bond motifs is 1. The van der Waals surface area contributed by atoms with Gasteiger partial charge in [-0.25, -0.2) is 9.97 Å². The van der Waals surface area contributed by atoms with E-state index >= 15 is 0 Å². The van der Waals surface area contributed by atoms with Crippen LogP contribution >= 0.6 is 11.3 Å². The Kier molecular flexibility index (Phi) is 4.60. The van der Waals surface area contributed by atoms with Crippen LogP contribution in [0.15, 0.2) is 6.33 Å². The minimum atomic E-state index is 0.173. The lowest BCUT2D eigenvalue weighted by molar-refractivity contribution is 0.157. The van der Waals surface area contributed by atoms with Crippen LogP contribution < -0.4 is 5.32 Å². The molecule has 0 saturated carbocycles. The lowest BCUT2D eigenvalue weighted by atomic mass is 9.89. The number of aromatic nitrogens is 2. The third-order valence-corrected chi connectivity index (χ3v) is 4.80. The van der Waals surface area contributed by atoms with E-state index in [0.717, 1.165) is 35.6 Å². The van der Waals surface area contributed by atoms with E-state index in [9.17, 15) is 0 Å². The van der Waals surface area contributed by atoms with Gasteiger partial charge in [0.05, 0.1) is 5.39 Å². The summed E-state index contributed by atoms with van der Waals surface area (Å²) in [7, 11) is 1.75. The van der Waals surface area contributed by atoms with Gasteiger partial charge < -0.3 is 10.1 Å². The number of ether oxygens (including phenoxy) is 1. The van der Waals surface area contributed by atoms with E-state index in [1.807, 2.05) is 0 Å². The fraction of sp³-hybridized carbons (Fsp3) is 0.600. The van der Waals surface area contributed by atoms with Crippen molar-refractivity contribution in [2.24, 2.45) is 5.41 Å². The molecule has 0 aliphatic rings. The lowest BCUT2D eigenvalue weighted by Gasteiger charge is -2.25. The summed E-state index contributed by atoms with van der Waals surface area (Å²) >= 11 is 1.73. The molecule has 2 heterocycles. The van der Waals surface area contributed by atoms with Gasteiger partial charge in [-0.1, -0.05) is 13.8 Å². The fourth-order valence-corrected chi connectivity index (χ4v) is 3.10. The standard InChI is InChI=1S/C15H23N3OS/c1-10-11(2)20-14-12(10)13(17-9-18-14)16-8-15(3,4)6-7-19-5/h9H,6-8H2,1-5H3,(H,16,17,18). The van der Waals surface area contributed by atoms with Crippen molar-refractivity contribution < 1.29 is 4.74 Å². The zero-order chi connectivity index (χ0) is 14.8. The maximum absolute atomic E-state index is 5.17. The van der Waals surface area contributed by atoms with Crippen LogP contribution in [-0.2, 0) is 4.74 Å². The molecule has 0 fully saturated rings. The molecule has 0 amide bonds. The molecule has 0 atom stereocenters. The summed E-state index contributed by atoms with van der Waals surface area (Å²) in [4.78, 5) is 11.2. The summed E-state index contributed by atoms with van der Waals surface area (Å²) in [6.07, 6.45) is 2.66. The molecule has 0 unspecified atom stereocenters. The van der Waals surface area contributed by atoms with Crippen molar-refractivity contribution in [2.75, 3.05) is 25.6 Å². The molecule has 0 aliphatic carbocycles. The summed E-state index contributed by atoms with van der Waals surface area (Å²) < 4.78 is 5.17. The van der Waals surface area contributed by atoms with Gasteiger partial charge in [-0.2, -0.15) is 0 Å². The van der Waals surface area contributed by atoms with Crippen LogP contribution in [0.5, 0.6) is 0 Å². The molecule has 5 heteroatoms. The van der Waals surface area contributed by atoms with Crippen LogP contribution in [0.4, 0.5) is 5.82 Å². The van der Waals surface area contributed by atoms with E-state index in [-0.39, 0.29) is 5.41 Å². The molecule has 2 aromatic rings. The van der Waals surface area contributed by atoms with Crippen molar-refractivity contribution in [1.29, 1.82) is 0 Å². The van der Waals surface area contributed by atoms with E-state index in [1.165, 1.54) is 10.4 Å². The SMILES string of the molecule is COCCC(C)(C)CNc1ncnc2sc(C)c(C)c12. The quantitative estimate of drug-likeness (QED) is 0.880. The molecule has 20 heavy (non-hydrogen) atoms. The van der Waals surface area contributed by atoms with Crippen LogP contribution in [-0.4, -0.2) is 30.2 Å².